The summed E-state index contributed by atoms with van der Waals surface area (Å²) in [5, 5.41) is 9.61. The Labute approximate surface area is 290 Å². The molecule has 0 unspecified atom stereocenters. The number of unbranched alkanes of at least 4 members (excludes halogenated alkanes) is 10. The second kappa shape index (κ2) is 20.7. The molecule has 0 bridgehead atoms. The molecule has 1 fully saturated rings. The van der Waals surface area contributed by atoms with Gasteiger partial charge >= 0.3 is 0 Å². The van der Waals surface area contributed by atoms with Gasteiger partial charge in [0.2, 0.25) is 0 Å². The van der Waals surface area contributed by atoms with Gasteiger partial charge in [0, 0.05) is 24.2 Å². The Balaban J connectivity index is 1.50. The van der Waals surface area contributed by atoms with E-state index in [2.05, 4.69) is 23.5 Å². The Morgan fingerprint density at radius 1 is 0.729 bits per heavy atom. The Morgan fingerprint density at radius 3 is 1.98 bits per heavy atom. The van der Waals surface area contributed by atoms with Crippen molar-refractivity contribution in [3.63, 3.8) is 0 Å². The highest BCUT2D eigenvalue weighted by atomic mass is 32.2. The number of sulfonamides is 1. The van der Waals surface area contributed by atoms with E-state index < -0.39 is 16.3 Å². The standard InChI is InChI=1S/C40H58N2O5S/c1-3-5-7-9-11-16-27-42(28-17-12-10-8-6-4-2)31-37-30-39(34-25-23-33(32-43)24-26-34)47-40(46-37)35-19-18-20-36(29-35)41-48(44,45)38-21-14-13-15-22-38/h13-15,18-26,29,37,39-41,43H,3-12,16-17,27-28,30-32H2,1-2H3/t37-,39+,40+/m1/s1. The van der Waals surface area contributed by atoms with Crippen LogP contribution in [0, 0.1) is 0 Å². The summed E-state index contributed by atoms with van der Waals surface area (Å²) in [5.41, 5.74) is 3.14. The molecule has 0 radical (unpaired) electrons. The maximum Gasteiger partial charge on any atom is 0.261 e. The van der Waals surface area contributed by atoms with Crippen molar-refractivity contribution in [2.75, 3.05) is 24.4 Å². The van der Waals surface area contributed by atoms with Crippen LogP contribution in [-0.4, -0.2) is 44.2 Å². The third kappa shape index (κ3) is 12.6. The van der Waals surface area contributed by atoms with E-state index in [1.165, 1.54) is 77.0 Å². The maximum atomic E-state index is 13.1. The van der Waals surface area contributed by atoms with Gasteiger partial charge in [-0.05, 0) is 61.3 Å². The first kappa shape index (κ1) is 38.1. The van der Waals surface area contributed by atoms with E-state index >= 15 is 0 Å². The van der Waals surface area contributed by atoms with Crippen molar-refractivity contribution in [2.24, 2.45) is 0 Å². The van der Waals surface area contributed by atoms with Crippen molar-refractivity contribution in [2.45, 2.75) is 127 Å². The molecule has 3 aromatic rings. The predicted octanol–water partition coefficient (Wildman–Crippen LogP) is 9.55. The molecule has 1 aliphatic rings. The molecule has 0 saturated carbocycles. The van der Waals surface area contributed by atoms with Gasteiger partial charge in [-0.15, -0.1) is 0 Å². The highest BCUT2D eigenvalue weighted by Crippen LogP contribution is 2.39. The number of aliphatic hydroxyl groups is 1. The fraction of sp³-hybridized carbons (Fsp3) is 0.550. The number of hydrogen-bond acceptors (Lipinski definition) is 6. The average Bonchev–Trinajstić information content (AvgIpc) is 3.11. The predicted molar refractivity (Wildman–Crippen MR) is 195 cm³/mol. The van der Waals surface area contributed by atoms with E-state index in [9.17, 15) is 13.5 Å². The lowest BCUT2D eigenvalue weighted by Crippen LogP contribution is -2.40. The normalized spacial score (nSPS) is 18.3. The molecule has 0 amide bonds. The van der Waals surface area contributed by atoms with Crippen molar-refractivity contribution in [1.82, 2.24) is 4.90 Å². The number of nitrogens with one attached hydrogen (secondary N) is 1. The van der Waals surface area contributed by atoms with Crippen molar-refractivity contribution >= 4 is 15.7 Å². The first-order valence-electron chi connectivity index (χ1n) is 18.3. The highest BCUT2D eigenvalue weighted by molar-refractivity contribution is 7.92. The van der Waals surface area contributed by atoms with E-state index in [0.29, 0.717) is 5.69 Å². The van der Waals surface area contributed by atoms with Gasteiger partial charge in [-0.25, -0.2) is 8.42 Å². The minimum absolute atomic E-state index is 0.00229. The van der Waals surface area contributed by atoms with Crippen LogP contribution in [-0.2, 0) is 26.1 Å². The van der Waals surface area contributed by atoms with Gasteiger partial charge < -0.3 is 19.5 Å². The zero-order valence-electron chi connectivity index (χ0n) is 29.2. The molecule has 1 saturated heterocycles. The molecule has 0 aliphatic carbocycles. The summed E-state index contributed by atoms with van der Waals surface area (Å²) in [6.07, 6.45) is 15.1. The van der Waals surface area contributed by atoms with Crippen LogP contribution in [0.4, 0.5) is 5.69 Å². The van der Waals surface area contributed by atoms with Crippen molar-refractivity contribution in [1.29, 1.82) is 0 Å². The summed E-state index contributed by atoms with van der Waals surface area (Å²) in [4.78, 5) is 2.81. The first-order chi connectivity index (χ1) is 23.4. The Hall–Kier alpha value is -2.75. The van der Waals surface area contributed by atoms with E-state index in [0.717, 1.165) is 42.7 Å². The first-order valence-corrected chi connectivity index (χ1v) is 19.8. The summed E-state index contributed by atoms with van der Waals surface area (Å²) >= 11 is 0. The highest BCUT2D eigenvalue weighted by Gasteiger charge is 2.33. The molecule has 1 heterocycles. The zero-order valence-corrected chi connectivity index (χ0v) is 30.0. The maximum absolute atomic E-state index is 13.1. The van der Waals surface area contributed by atoms with Crippen LogP contribution in [0.2, 0.25) is 0 Å². The minimum Gasteiger partial charge on any atom is -0.392 e. The van der Waals surface area contributed by atoms with Crippen molar-refractivity contribution < 1.29 is 23.0 Å². The number of rotatable bonds is 22. The molecule has 0 aromatic heterocycles. The Kier molecular flexibility index (Phi) is 16.4. The summed E-state index contributed by atoms with van der Waals surface area (Å²) < 4.78 is 42.2. The summed E-state index contributed by atoms with van der Waals surface area (Å²) in [7, 11) is -3.74. The van der Waals surface area contributed by atoms with Crippen LogP contribution in [0.15, 0.2) is 83.8 Å². The molecule has 3 atom stereocenters. The largest absolute Gasteiger partial charge is 0.392 e. The van der Waals surface area contributed by atoms with Gasteiger partial charge in [-0.2, -0.15) is 0 Å². The van der Waals surface area contributed by atoms with Gasteiger partial charge in [0.1, 0.15) is 0 Å². The molecule has 4 rings (SSSR count). The van der Waals surface area contributed by atoms with Gasteiger partial charge in [-0.3, -0.25) is 4.72 Å². The van der Waals surface area contributed by atoms with E-state index in [4.69, 9.17) is 9.47 Å². The molecular formula is C40H58N2O5S. The van der Waals surface area contributed by atoms with Crippen LogP contribution in [0.1, 0.15) is 126 Å². The zero-order chi connectivity index (χ0) is 34.0. The molecule has 48 heavy (non-hydrogen) atoms. The Bertz CT molecular complexity index is 1400. The monoisotopic (exact) mass is 678 g/mol. The van der Waals surface area contributed by atoms with Crippen molar-refractivity contribution in [3.05, 3.63) is 95.6 Å². The number of anilines is 1. The van der Waals surface area contributed by atoms with Crippen LogP contribution in [0.25, 0.3) is 0 Å². The number of aliphatic hydroxyl groups excluding tert-OH is 1. The van der Waals surface area contributed by atoms with E-state index in [1.54, 1.807) is 36.4 Å². The number of benzene rings is 3. The topological polar surface area (TPSA) is 88.1 Å². The molecule has 2 N–H and O–H groups in total. The fourth-order valence-corrected chi connectivity index (χ4v) is 7.48. The smallest absolute Gasteiger partial charge is 0.261 e. The molecular weight excluding hydrogens is 621 g/mol. The van der Waals surface area contributed by atoms with Gasteiger partial charge in [-0.1, -0.05) is 133 Å². The quantitative estimate of drug-likeness (QED) is 0.103. The van der Waals surface area contributed by atoms with Crippen LogP contribution in [0.3, 0.4) is 0 Å². The number of hydrogen-bond donors (Lipinski definition) is 2. The lowest BCUT2D eigenvalue weighted by atomic mass is 9.99. The van der Waals surface area contributed by atoms with Crippen LogP contribution in [0.5, 0.6) is 0 Å². The summed E-state index contributed by atoms with van der Waals surface area (Å²) in [6, 6.07) is 23.7. The van der Waals surface area contributed by atoms with Crippen LogP contribution < -0.4 is 4.72 Å². The van der Waals surface area contributed by atoms with Gasteiger partial charge in [0.25, 0.3) is 10.0 Å². The lowest BCUT2D eigenvalue weighted by Gasteiger charge is -2.38. The molecule has 264 valence electrons. The fourth-order valence-electron chi connectivity index (χ4n) is 6.41. The summed E-state index contributed by atoms with van der Waals surface area (Å²) in [5.74, 6) is 0. The second-order valence-corrected chi connectivity index (χ2v) is 14.9. The third-order valence-corrected chi connectivity index (χ3v) is 10.6. The number of ether oxygens (including phenoxy) is 2. The summed E-state index contributed by atoms with van der Waals surface area (Å²) in [6.45, 7) is 7.49. The second-order valence-electron chi connectivity index (χ2n) is 13.2. The number of nitrogens with zero attached hydrogens (tertiary/aromatic N) is 1. The van der Waals surface area contributed by atoms with E-state index in [-0.39, 0.29) is 23.7 Å². The minimum atomic E-state index is -3.74. The van der Waals surface area contributed by atoms with Gasteiger partial charge in [0.15, 0.2) is 6.29 Å². The lowest BCUT2D eigenvalue weighted by molar-refractivity contribution is -0.253. The molecule has 0 spiro atoms. The average molecular weight is 679 g/mol. The molecule has 7 nitrogen and oxygen atoms in total. The molecule has 1 aliphatic heterocycles. The van der Waals surface area contributed by atoms with Crippen molar-refractivity contribution in [3.8, 4) is 0 Å². The van der Waals surface area contributed by atoms with Crippen LogP contribution >= 0.6 is 0 Å². The Morgan fingerprint density at radius 2 is 1.35 bits per heavy atom. The molecule has 8 heteroatoms. The van der Waals surface area contributed by atoms with Gasteiger partial charge in [0.05, 0.1) is 23.7 Å². The third-order valence-electron chi connectivity index (χ3n) is 9.20. The SMILES string of the molecule is CCCCCCCCN(CCCCCCCC)C[C@H]1C[C@@H](c2ccc(CO)cc2)O[C@@H](c2cccc(NS(=O)(=O)c3ccccc3)c2)O1. The molecule has 3 aromatic carbocycles. The van der Waals surface area contributed by atoms with E-state index in [1.807, 2.05) is 42.5 Å².